The Bertz CT molecular complexity index is 1080. The van der Waals surface area contributed by atoms with Crippen molar-refractivity contribution in [2.45, 2.75) is 53.1 Å². The van der Waals surface area contributed by atoms with Crippen LogP contribution in [0.3, 0.4) is 0 Å². The average molecular weight is 490 g/mol. The third kappa shape index (κ3) is 8.06. The van der Waals surface area contributed by atoms with Crippen molar-refractivity contribution in [2.24, 2.45) is 0 Å². The van der Waals surface area contributed by atoms with E-state index >= 15 is 0 Å². The van der Waals surface area contributed by atoms with Crippen LogP contribution in [0.1, 0.15) is 38.8 Å². The zero-order valence-corrected chi connectivity index (χ0v) is 21.2. The predicted molar refractivity (Wildman–Crippen MR) is 134 cm³/mol. The maximum absolute atomic E-state index is 13.3. The number of nitrogens with one attached hydrogen (secondary N) is 2. The molecule has 0 heterocycles. The molecule has 34 heavy (non-hydrogen) atoms. The molecule has 0 unspecified atom stereocenters. The van der Waals surface area contributed by atoms with Crippen LogP contribution in [0.15, 0.2) is 42.5 Å². The smallest absolute Gasteiger partial charge is 0.243 e. The molecular weight excluding hydrogens is 457 g/mol. The van der Waals surface area contributed by atoms with E-state index in [0.29, 0.717) is 11.4 Å². The fourth-order valence-corrected chi connectivity index (χ4v) is 4.24. The van der Waals surface area contributed by atoms with Gasteiger partial charge in [0.1, 0.15) is 23.4 Å². The summed E-state index contributed by atoms with van der Waals surface area (Å²) >= 11 is 0. The topological polar surface area (TPSA) is 95.6 Å². The number of amides is 3. The molecule has 0 fully saturated rings. The molecular formula is C25H32FN3O4S. The van der Waals surface area contributed by atoms with Crippen molar-refractivity contribution in [3.05, 3.63) is 59.4 Å². The van der Waals surface area contributed by atoms with Gasteiger partial charge in [0.25, 0.3) is 0 Å². The number of aryl methyl sites for hydroxylation is 2. The van der Waals surface area contributed by atoms with E-state index in [1.54, 1.807) is 13.0 Å². The Labute approximate surface area is 202 Å². The minimum absolute atomic E-state index is 0.347. The number of nitrogens with zero attached hydrogens (tertiary/aromatic N) is 1. The van der Waals surface area contributed by atoms with Gasteiger partial charge in [-0.05, 0) is 77.4 Å². The average Bonchev–Trinajstić information content (AvgIpc) is 2.70. The molecule has 0 aliphatic carbocycles. The predicted octanol–water partition coefficient (Wildman–Crippen LogP) is 3.47. The van der Waals surface area contributed by atoms with Crippen LogP contribution >= 0.6 is 0 Å². The van der Waals surface area contributed by atoms with Gasteiger partial charge in [0.15, 0.2) is 0 Å². The van der Waals surface area contributed by atoms with Gasteiger partial charge in [-0.25, -0.2) is 4.39 Å². The van der Waals surface area contributed by atoms with Gasteiger partial charge in [0.05, 0.1) is 0 Å². The fourth-order valence-electron chi connectivity index (χ4n) is 3.36. The zero-order chi connectivity index (χ0) is 25.6. The first-order valence-corrected chi connectivity index (χ1v) is 12.4. The van der Waals surface area contributed by atoms with Crippen LogP contribution in [0.5, 0.6) is 0 Å². The minimum Gasteiger partial charge on any atom is -0.350 e. The van der Waals surface area contributed by atoms with Crippen molar-refractivity contribution in [3.8, 4) is 0 Å². The molecule has 9 heteroatoms. The number of anilines is 2. The number of halogens is 1. The second-order valence-electron chi connectivity index (χ2n) is 9.25. The molecule has 3 amide bonds. The largest absolute Gasteiger partial charge is 0.350 e. The van der Waals surface area contributed by atoms with Crippen LogP contribution in [0, 0.1) is 19.7 Å². The molecule has 2 atom stereocenters. The van der Waals surface area contributed by atoms with Crippen molar-refractivity contribution >= 4 is 39.9 Å². The maximum Gasteiger partial charge on any atom is 0.243 e. The van der Waals surface area contributed by atoms with E-state index in [-0.39, 0.29) is 5.91 Å². The van der Waals surface area contributed by atoms with E-state index in [1.807, 2.05) is 46.8 Å². The molecule has 0 saturated carbocycles. The van der Waals surface area contributed by atoms with Crippen molar-refractivity contribution < 1.29 is 23.0 Å². The molecule has 7 nitrogen and oxygen atoms in total. The lowest BCUT2D eigenvalue weighted by atomic mass is 10.1. The number of rotatable bonds is 8. The summed E-state index contributed by atoms with van der Waals surface area (Å²) < 4.78 is 25.7. The van der Waals surface area contributed by atoms with Gasteiger partial charge in [-0.15, -0.1) is 0 Å². The normalized spacial score (nSPS) is 13.0. The molecule has 184 valence electrons. The van der Waals surface area contributed by atoms with E-state index in [0.717, 1.165) is 11.1 Å². The monoisotopic (exact) mass is 489 g/mol. The molecule has 0 bridgehead atoms. The molecule has 0 aliphatic rings. The maximum atomic E-state index is 13.3. The van der Waals surface area contributed by atoms with E-state index < -0.39 is 51.5 Å². The number of benzene rings is 2. The highest BCUT2D eigenvalue weighted by Crippen LogP contribution is 2.24. The molecule has 2 aromatic carbocycles. The summed E-state index contributed by atoms with van der Waals surface area (Å²) in [6.07, 6.45) is 0. The zero-order valence-electron chi connectivity index (χ0n) is 20.4. The van der Waals surface area contributed by atoms with Gasteiger partial charge in [0.2, 0.25) is 17.7 Å². The van der Waals surface area contributed by atoms with Crippen LogP contribution in [-0.4, -0.2) is 45.0 Å². The number of hydrogen-bond donors (Lipinski definition) is 2. The Morgan fingerprint density at radius 3 is 2.21 bits per heavy atom. The lowest BCUT2D eigenvalue weighted by Crippen LogP contribution is -2.54. The van der Waals surface area contributed by atoms with Crippen molar-refractivity contribution in [3.63, 3.8) is 0 Å². The van der Waals surface area contributed by atoms with Gasteiger partial charge >= 0.3 is 0 Å². The number of carbonyl (C=O) groups is 3. The van der Waals surface area contributed by atoms with Crippen molar-refractivity contribution in [1.82, 2.24) is 5.32 Å². The summed E-state index contributed by atoms with van der Waals surface area (Å²) in [5.41, 5.74) is 2.20. The van der Waals surface area contributed by atoms with Crippen LogP contribution in [0.2, 0.25) is 0 Å². The second kappa shape index (κ2) is 11.4. The Kier molecular flexibility index (Phi) is 9.09. The Morgan fingerprint density at radius 1 is 1.03 bits per heavy atom. The fraction of sp³-hybridized carbons (Fsp3) is 0.400. The molecule has 0 aliphatic heterocycles. The Balaban J connectivity index is 2.18. The minimum atomic E-state index is -1.82. The van der Waals surface area contributed by atoms with Crippen LogP contribution in [0.4, 0.5) is 15.8 Å². The molecule has 2 N–H and O–H groups in total. The summed E-state index contributed by atoms with van der Waals surface area (Å²) in [7, 11) is -1.82. The molecule has 0 saturated heterocycles. The van der Waals surface area contributed by atoms with Crippen LogP contribution < -0.4 is 15.5 Å². The first-order valence-electron chi connectivity index (χ1n) is 10.9. The van der Waals surface area contributed by atoms with Gasteiger partial charge in [-0.1, -0.05) is 17.7 Å². The molecule has 2 aromatic rings. The van der Waals surface area contributed by atoms with E-state index in [1.165, 1.54) is 29.2 Å². The summed E-state index contributed by atoms with van der Waals surface area (Å²) in [4.78, 5) is 39.7. The Morgan fingerprint density at radius 2 is 1.65 bits per heavy atom. The Hall–Kier alpha value is -3.07. The summed E-state index contributed by atoms with van der Waals surface area (Å²) in [6, 6.07) is 9.80. The van der Waals surface area contributed by atoms with Gasteiger partial charge in [0, 0.05) is 27.7 Å². The van der Waals surface area contributed by atoms with Gasteiger partial charge in [-0.2, -0.15) is 0 Å². The van der Waals surface area contributed by atoms with E-state index in [4.69, 9.17) is 0 Å². The lowest BCUT2D eigenvalue weighted by molar-refractivity contribution is -0.126. The SMILES string of the molecule is Cc1ccc(N(C(=O)C[S@@](=O)CC(=O)Nc2ccc(F)cc2)[C@@H](C)C(=O)NC(C)(C)C)c(C)c1. The van der Waals surface area contributed by atoms with Crippen molar-refractivity contribution in [2.75, 3.05) is 21.7 Å². The highest BCUT2D eigenvalue weighted by molar-refractivity contribution is 7.86. The van der Waals surface area contributed by atoms with Crippen LogP contribution in [-0.2, 0) is 25.2 Å². The van der Waals surface area contributed by atoms with Crippen molar-refractivity contribution in [1.29, 1.82) is 0 Å². The lowest BCUT2D eigenvalue weighted by Gasteiger charge is -2.32. The number of hydrogen-bond acceptors (Lipinski definition) is 4. The standard InChI is InChI=1S/C25H32FN3O4S/c1-16-7-12-21(17(2)13-16)29(18(3)24(32)28-25(4,5)6)23(31)15-34(33)14-22(30)27-20-10-8-19(26)9-11-20/h7-13,18H,14-15H2,1-6H3,(H,27,30)(H,28,32)/t18-,34-/m0/s1. The highest BCUT2D eigenvalue weighted by atomic mass is 32.2. The van der Waals surface area contributed by atoms with E-state index in [9.17, 15) is 23.0 Å². The molecule has 2 rings (SSSR count). The van der Waals surface area contributed by atoms with E-state index in [2.05, 4.69) is 10.6 Å². The van der Waals surface area contributed by atoms with Crippen LogP contribution in [0.25, 0.3) is 0 Å². The highest BCUT2D eigenvalue weighted by Gasteiger charge is 2.31. The molecule has 0 spiro atoms. The third-order valence-electron chi connectivity index (χ3n) is 4.85. The third-order valence-corrected chi connectivity index (χ3v) is 6.00. The summed E-state index contributed by atoms with van der Waals surface area (Å²) in [5.74, 6) is -2.72. The number of carbonyl (C=O) groups excluding carboxylic acids is 3. The summed E-state index contributed by atoms with van der Waals surface area (Å²) in [6.45, 7) is 10.9. The quantitative estimate of drug-likeness (QED) is 0.594. The first-order chi connectivity index (χ1) is 15.8. The summed E-state index contributed by atoms with van der Waals surface area (Å²) in [5, 5.41) is 5.40. The van der Waals surface area contributed by atoms with Gasteiger partial charge < -0.3 is 10.6 Å². The molecule has 0 aromatic heterocycles. The first kappa shape index (κ1) is 27.2. The molecule has 0 radical (unpaired) electrons. The van der Waals surface area contributed by atoms with Gasteiger partial charge in [-0.3, -0.25) is 23.5 Å². The second-order valence-corrected chi connectivity index (χ2v) is 10.7.